The Morgan fingerprint density at radius 2 is 2.19 bits per heavy atom. The summed E-state index contributed by atoms with van der Waals surface area (Å²) in [7, 11) is 0. The summed E-state index contributed by atoms with van der Waals surface area (Å²) in [4.78, 5) is 35.3. The van der Waals surface area contributed by atoms with E-state index in [0.717, 1.165) is 12.8 Å². The van der Waals surface area contributed by atoms with Crippen molar-refractivity contribution in [1.29, 1.82) is 0 Å². The van der Waals surface area contributed by atoms with Gasteiger partial charge in [-0.05, 0) is 25.0 Å². The molecule has 2 N–H and O–H groups in total. The number of hydrogen-bond donors (Lipinski definition) is 2. The molecule has 26 heavy (non-hydrogen) atoms. The number of nitrogens with zero attached hydrogens (tertiary/aromatic N) is 3. The third-order valence-corrected chi connectivity index (χ3v) is 4.14. The molecule has 4 rings (SSSR count). The molecule has 0 spiro atoms. The average Bonchev–Trinajstić information content (AvgIpc) is 3.32. The van der Waals surface area contributed by atoms with Gasteiger partial charge in [-0.25, -0.2) is 4.98 Å². The molecule has 1 aliphatic heterocycles. The van der Waals surface area contributed by atoms with Crippen molar-refractivity contribution in [3.63, 3.8) is 0 Å². The Hall–Kier alpha value is -3.07. The van der Waals surface area contributed by atoms with Crippen LogP contribution in [0.15, 0.2) is 33.6 Å². The lowest BCUT2D eigenvalue weighted by atomic mass is 10.2. The quantitative estimate of drug-likeness (QED) is 0.703. The molecule has 0 radical (unpaired) electrons. The van der Waals surface area contributed by atoms with Gasteiger partial charge in [-0.15, -0.1) is 0 Å². The van der Waals surface area contributed by atoms with Gasteiger partial charge in [0.2, 0.25) is 0 Å². The van der Waals surface area contributed by atoms with Gasteiger partial charge >= 0.3 is 0 Å². The Kier molecular flexibility index (Phi) is 4.44. The normalized spacial score (nSPS) is 16.8. The van der Waals surface area contributed by atoms with Crippen molar-refractivity contribution in [2.45, 2.75) is 25.4 Å². The fourth-order valence-corrected chi connectivity index (χ4v) is 2.83. The molecular formula is C17H17N5O4. The predicted octanol–water partition coefficient (Wildman–Crippen LogP) is 1.13. The molecule has 9 heteroatoms. The van der Waals surface area contributed by atoms with Crippen molar-refractivity contribution >= 4 is 16.9 Å². The summed E-state index contributed by atoms with van der Waals surface area (Å²) < 4.78 is 10.7. The van der Waals surface area contributed by atoms with E-state index in [1.165, 1.54) is 0 Å². The summed E-state index contributed by atoms with van der Waals surface area (Å²) in [5.41, 5.74) is 0.442. The number of ether oxygens (including phenoxy) is 1. The molecule has 1 aliphatic rings. The molecule has 1 fully saturated rings. The summed E-state index contributed by atoms with van der Waals surface area (Å²) in [6.07, 6.45) is 2.10. The highest BCUT2D eigenvalue weighted by Gasteiger charge is 2.23. The smallest absolute Gasteiger partial charge is 0.280 e. The van der Waals surface area contributed by atoms with E-state index in [1.54, 1.807) is 24.3 Å². The number of amides is 1. The SMILES string of the molecule is O=C(NCCc1noc([C@@H]2CCCO2)n1)c1nc2ccccc2[nH]c1=O. The number of carbonyl (C=O) groups is 1. The summed E-state index contributed by atoms with van der Waals surface area (Å²) >= 11 is 0. The van der Waals surface area contributed by atoms with E-state index in [0.29, 0.717) is 35.8 Å². The van der Waals surface area contributed by atoms with Crippen molar-refractivity contribution < 1.29 is 14.1 Å². The third kappa shape index (κ3) is 3.33. The Morgan fingerprint density at radius 3 is 3.04 bits per heavy atom. The number of carbonyl (C=O) groups excluding carboxylic acids is 1. The number of nitrogens with one attached hydrogen (secondary N) is 2. The minimum absolute atomic E-state index is 0.133. The Morgan fingerprint density at radius 1 is 1.31 bits per heavy atom. The molecule has 3 heterocycles. The first-order valence-electron chi connectivity index (χ1n) is 8.42. The number of fused-ring (bicyclic) bond motifs is 1. The third-order valence-electron chi connectivity index (χ3n) is 4.14. The van der Waals surface area contributed by atoms with Gasteiger partial charge in [0.1, 0.15) is 6.10 Å². The predicted molar refractivity (Wildman–Crippen MR) is 90.6 cm³/mol. The maximum Gasteiger partial charge on any atom is 0.280 e. The van der Waals surface area contributed by atoms with Crippen molar-refractivity contribution in [3.05, 3.63) is 52.0 Å². The van der Waals surface area contributed by atoms with Gasteiger partial charge in [-0.3, -0.25) is 9.59 Å². The van der Waals surface area contributed by atoms with Crippen LogP contribution in [0.25, 0.3) is 11.0 Å². The van der Waals surface area contributed by atoms with E-state index in [9.17, 15) is 9.59 Å². The summed E-state index contributed by atoms with van der Waals surface area (Å²) in [5, 5.41) is 6.55. The van der Waals surface area contributed by atoms with Gasteiger partial charge < -0.3 is 19.6 Å². The molecule has 0 aliphatic carbocycles. The van der Waals surface area contributed by atoms with Crippen LogP contribution in [0, 0.1) is 0 Å². The number of rotatable bonds is 5. The second kappa shape index (κ2) is 7.04. The summed E-state index contributed by atoms with van der Waals surface area (Å²) in [5.74, 6) is 0.410. The summed E-state index contributed by atoms with van der Waals surface area (Å²) in [6.45, 7) is 0.961. The Balaban J connectivity index is 1.38. The van der Waals surface area contributed by atoms with Gasteiger partial charge in [0, 0.05) is 19.6 Å². The highest BCUT2D eigenvalue weighted by molar-refractivity contribution is 5.93. The standard InChI is InChI=1S/C17H17N5O4/c23-15(14-16(24)20-11-5-2-1-4-10(11)19-14)18-8-7-13-21-17(26-22-13)12-6-3-9-25-12/h1-2,4-5,12H,3,6-9H2,(H,18,23)(H,20,24)/t12-/m0/s1. The first kappa shape index (κ1) is 16.4. The van der Waals surface area contributed by atoms with Crippen molar-refractivity contribution in [2.24, 2.45) is 0 Å². The minimum atomic E-state index is -0.542. The van der Waals surface area contributed by atoms with Crippen LogP contribution in [0.5, 0.6) is 0 Å². The molecule has 134 valence electrons. The van der Waals surface area contributed by atoms with Crippen molar-refractivity contribution in [2.75, 3.05) is 13.2 Å². The Bertz CT molecular complexity index is 990. The molecule has 3 aromatic rings. The van der Waals surface area contributed by atoms with Crippen LogP contribution in [0.1, 0.15) is 41.1 Å². The number of benzene rings is 1. The van der Waals surface area contributed by atoms with Crippen LogP contribution >= 0.6 is 0 Å². The zero-order valence-electron chi connectivity index (χ0n) is 13.9. The van der Waals surface area contributed by atoms with Crippen LogP contribution < -0.4 is 10.9 Å². The summed E-state index contributed by atoms with van der Waals surface area (Å²) in [6, 6.07) is 7.04. The lowest BCUT2D eigenvalue weighted by molar-refractivity contribution is 0.0835. The van der Waals surface area contributed by atoms with E-state index >= 15 is 0 Å². The lowest BCUT2D eigenvalue weighted by Crippen LogP contribution is -2.32. The lowest BCUT2D eigenvalue weighted by Gasteiger charge is -2.04. The monoisotopic (exact) mass is 355 g/mol. The molecular weight excluding hydrogens is 338 g/mol. The highest BCUT2D eigenvalue weighted by Crippen LogP contribution is 2.26. The van der Waals surface area contributed by atoms with Gasteiger partial charge in [-0.1, -0.05) is 17.3 Å². The van der Waals surface area contributed by atoms with Crippen LogP contribution in [0.2, 0.25) is 0 Å². The molecule has 9 nitrogen and oxygen atoms in total. The highest BCUT2D eigenvalue weighted by atomic mass is 16.5. The fourth-order valence-electron chi connectivity index (χ4n) is 2.83. The first-order valence-corrected chi connectivity index (χ1v) is 8.42. The molecule has 0 saturated carbocycles. The van der Waals surface area contributed by atoms with Crippen LogP contribution in [-0.2, 0) is 11.2 Å². The number of aromatic amines is 1. The number of aromatic nitrogens is 4. The molecule has 0 unspecified atom stereocenters. The minimum Gasteiger partial charge on any atom is -0.368 e. The number of H-pyrrole nitrogens is 1. The van der Waals surface area contributed by atoms with E-state index < -0.39 is 11.5 Å². The van der Waals surface area contributed by atoms with E-state index in [-0.39, 0.29) is 18.3 Å². The molecule has 2 aromatic heterocycles. The van der Waals surface area contributed by atoms with Crippen molar-refractivity contribution in [3.8, 4) is 0 Å². The largest absolute Gasteiger partial charge is 0.368 e. The van der Waals surface area contributed by atoms with Crippen LogP contribution in [-0.4, -0.2) is 39.2 Å². The molecule has 1 saturated heterocycles. The zero-order valence-corrected chi connectivity index (χ0v) is 13.9. The molecule has 1 atom stereocenters. The van der Waals surface area contributed by atoms with Gasteiger partial charge in [0.25, 0.3) is 17.4 Å². The van der Waals surface area contributed by atoms with Crippen LogP contribution in [0.3, 0.4) is 0 Å². The fraction of sp³-hybridized carbons (Fsp3) is 0.353. The second-order valence-corrected chi connectivity index (χ2v) is 5.99. The molecule has 1 amide bonds. The molecule has 1 aromatic carbocycles. The number of hydrogen-bond acceptors (Lipinski definition) is 7. The van der Waals surface area contributed by atoms with E-state index in [2.05, 4.69) is 25.4 Å². The topological polar surface area (TPSA) is 123 Å². The van der Waals surface area contributed by atoms with Gasteiger partial charge in [0.05, 0.1) is 11.0 Å². The second-order valence-electron chi connectivity index (χ2n) is 5.99. The van der Waals surface area contributed by atoms with E-state index in [1.807, 2.05) is 0 Å². The first-order chi connectivity index (χ1) is 12.7. The maximum absolute atomic E-state index is 12.2. The van der Waals surface area contributed by atoms with Crippen molar-refractivity contribution in [1.82, 2.24) is 25.4 Å². The Labute approximate surface area is 147 Å². The molecule has 0 bridgehead atoms. The van der Waals surface area contributed by atoms with Gasteiger partial charge in [-0.2, -0.15) is 4.98 Å². The maximum atomic E-state index is 12.2. The van der Waals surface area contributed by atoms with Gasteiger partial charge in [0.15, 0.2) is 11.5 Å². The van der Waals surface area contributed by atoms with E-state index in [4.69, 9.17) is 9.26 Å². The van der Waals surface area contributed by atoms with Crippen LogP contribution in [0.4, 0.5) is 0 Å². The average molecular weight is 355 g/mol. The zero-order chi connectivity index (χ0) is 17.9. The number of para-hydroxylation sites is 2.